The van der Waals surface area contributed by atoms with Crippen LogP contribution in [0, 0.1) is 11.3 Å². The fourth-order valence-electron chi connectivity index (χ4n) is 2.62. The Labute approximate surface area is 147 Å². The van der Waals surface area contributed by atoms with Crippen LogP contribution in [0.4, 0.5) is 0 Å². The van der Waals surface area contributed by atoms with Gasteiger partial charge in [0.2, 0.25) is 5.91 Å². The summed E-state index contributed by atoms with van der Waals surface area (Å²) in [4.78, 5) is 12.0. The van der Waals surface area contributed by atoms with E-state index < -0.39 is 0 Å². The fraction of sp³-hybridized carbons (Fsp3) is 0.444. The maximum atomic E-state index is 12.0. The van der Waals surface area contributed by atoms with Gasteiger partial charge in [0.25, 0.3) is 0 Å². The van der Waals surface area contributed by atoms with Gasteiger partial charge in [-0.2, -0.15) is 5.26 Å². The number of nitriles is 1. The fourth-order valence-corrected chi connectivity index (χ4v) is 3.82. The lowest BCUT2D eigenvalue weighted by Gasteiger charge is -2.25. The molecule has 1 aliphatic rings. The van der Waals surface area contributed by atoms with Crippen molar-refractivity contribution < 1.29 is 4.79 Å². The van der Waals surface area contributed by atoms with Crippen LogP contribution in [0.2, 0.25) is 5.02 Å². The second kappa shape index (κ2) is 9.00. The summed E-state index contributed by atoms with van der Waals surface area (Å²) in [6, 6.07) is 9.69. The van der Waals surface area contributed by atoms with E-state index in [1.165, 1.54) is 19.3 Å². The third-order valence-corrected chi connectivity index (χ3v) is 5.23. The molecule has 0 radical (unpaired) electrons. The molecule has 23 heavy (non-hydrogen) atoms. The molecule has 1 amide bonds. The molecular weight excluding hydrogens is 328 g/mol. The molecule has 0 spiro atoms. The molecule has 1 N–H and O–H groups in total. The van der Waals surface area contributed by atoms with Crippen LogP contribution in [0.15, 0.2) is 34.9 Å². The highest BCUT2D eigenvalue weighted by Gasteiger charge is 2.29. The number of allylic oxidation sites excluding steroid dienone is 1. The Morgan fingerprint density at radius 2 is 2.04 bits per heavy atom. The predicted molar refractivity (Wildman–Crippen MR) is 96.2 cm³/mol. The number of nitrogens with zero attached hydrogens (tertiary/aromatic N) is 1. The molecule has 1 aromatic carbocycles. The molecule has 1 aromatic rings. The molecule has 0 saturated heterocycles. The number of halogens is 1. The van der Waals surface area contributed by atoms with Crippen molar-refractivity contribution in [2.45, 2.75) is 44.9 Å². The zero-order valence-electron chi connectivity index (χ0n) is 13.3. The first-order valence-electron chi connectivity index (χ1n) is 7.98. The van der Waals surface area contributed by atoms with Gasteiger partial charge in [0, 0.05) is 17.4 Å². The molecule has 2 rings (SSSR count). The second-order valence-corrected chi connectivity index (χ2v) is 7.16. The molecule has 3 nitrogen and oxygen atoms in total. The third kappa shape index (κ3) is 5.02. The van der Waals surface area contributed by atoms with Crippen molar-refractivity contribution in [3.05, 3.63) is 45.5 Å². The summed E-state index contributed by atoms with van der Waals surface area (Å²) in [5, 5.41) is 13.8. The van der Waals surface area contributed by atoms with Crippen LogP contribution in [0.1, 0.15) is 50.5 Å². The van der Waals surface area contributed by atoms with E-state index in [0.717, 1.165) is 22.8 Å². The maximum absolute atomic E-state index is 12.0. The van der Waals surface area contributed by atoms with Crippen molar-refractivity contribution in [2.75, 3.05) is 5.75 Å². The van der Waals surface area contributed by atoms with E-state index in [1.807, 2.05) is 12.1 Å². The largest absolute Gasteiger partial charge is 0.320 e. The van der Waals surface area contributed by atoms with Crippen LogP contribution in [-0.2, 0) is 4.79 Å². The van der Waals surface area contributed by atoms with Crippen molar-refractivity contribution in [3.8, 4) is 6.07 Å². The number of thioether (sulfide) groups is 1. The van der Waals surface area contributed by atoms with E-state index in [0.29, 0.717) is 17.0 Å². The van der Waals surface area contributed by atoms with Crippen LogP contribution in [0.25, 0.3) is 0 Å². The Morgan fingerprint density at radius 1 is 1.30 bits per heavy atom. The van der Waals surface area contributed by atoms with Crippen molar-refractivity contribution in [3.63, 3.8) is 0 Å². The van der Waals surface area contributed by atoms with Crippen LogP contribution >= 0.6 is 23.4 Å². The van der Waals surface area contributed by atoms with Gasteiger partial charge in [-0.15, -0.1) is 11.8 Å². The monoisotopic (exact) mass is 348 g/mol. The Morgan fingerprint density at radius 3 is 2.70 bits per heavy atom. The molecule has 0 aromatic heterocycles. The van der Waals surface area contributed by atoms with Crippen LogP contribution in [-0.4, -0.2) is 11.7 Å². The Hall–Kier alpha value is -1.44. The van der Waals surface area contributed by atoms with Gasteiger partial charge in [0.1, 0.15) is 0 Å². The molecule has 0 aliphatic carbocycles. The van der Waals surface area contributed by atoms with Gasteiger partial charge in [-0.05, 0) is 29.9 Å². The number of hydrogen-bond donors (Lipinski definition) is 1. The molecule has 5 heteroatoms. The van der Waals surface area contributed by atoms with Crippen molar-refractivity contribution in [1.82, 2.24) is 5.32 Å². The zero-order chi connectivity index (χ0) is 16.7. The summed E-state index contributed by atoms with van der Waals surface area (Å²) < 4.78 is 0. The number of nitrogens with one attached hydrogen (secondary N) is 1. The first-order valence-corrected chi connectivity index (χ1v) is 9.34. The lowest BCUT2D eigenvalue weighted by atomic mass is 9.87. The summed E-state index contributed by atoms with van der Waals surface area (Å²) in [5.41, 5.74) is 1.62. The van der Waals surface area contributed by atoms with E-state index in [4.69, 9.17) is 11.6 Å². The van der Waals surface area contributed by atoms with E-state index in [2.05, 4.69) is 18.3 Å². The summed E-state index contributed by atoms with van der Waals surface area (Å²) in [6.45, 7) is 2.18. The third-order valence-electron chi connectivity index (χ3n) is 3.87. The number of unbranched alkanes of at least 4 members (excludes halogenated alkanes) is 3. The van der Waals surface area contributed by atoms with Crippen LogP contribution in [0.5, 0.6) is 0 Å². The maximum Gasteiger partial charge on any atom is 0.225 e. The number of amides is 1. The lowest BCUT2D eigenvalue weighted by molar-refractivity contribution is -0.120. The smallest absolute Gasteiger partial charge is 0.225 e. The first-order chi connectivity index (χ1) is 11.2. The SMILES string of the molecule is CCCCCCSC1=C(C#N)C(c2ccc(Cl)cc2)CC(=O)N1. The van der Waals surface area contributed by atoms with Crippen molar-refractivity contribution in [2.24, 2.45) is 0 Å². The number of hydrogen-bond acceptors (Lipinski definition) is 3. The predicted octanol–water partition coefficient (Wildman–Crippen LogP) is 4.99. The van der Waals surface area contributed by atoms with E-state index in [9.17, 15) is 10.1 Å². The molecular formula is C18H21ClN2OS. The second-order valence-electron chi connectivity index (χ2n) is 5.62. The summed E-state index contributed by atoms with van der Waals surface area (Å²) >= 11 is 7.51. The zero-order valence-corrected chi connectivity index (χ0v) is 14.8. The molecule has 0 saturated carbocycles. The topological polar surface area (TPSA) is 52.9 Å². The molecule has 0 bridgehead atoms. The number of benzene rings is 1. The highest BCUT2D eigenvalue weighted by Crippen LogP contribution is 2.36. The molecule has 1 aliphatic heterocycles. The molecule has 1 atom stereocenters. The normalized spacial score (nSPS) is 17.8. The number of carbonyl (C=O) groups excluding carboxylic acids is 1. The standard InChI is InChI=1S/C18H21ClN2OS/c1-2-3-4-5-10-23-18-16(12-20)15(11-17(22)21-18)13-6-8-14(19)9-7-13/h6-9,15H,2-5,10-11H2,1H3,(H,21,22). The van der Waals surface area contributed by atoms with Gasteiger partial charge >= 0.3 is 0 Å². The Bertz CT molecular complexity index is 619. The minimum Gasteiger partial charge on any atom is -0.320 e. The molecule has 122 valence electrons. The van der Waals surface area contributed by atoms with Gasteiger partial charge < -0.3 is 5.32 Å². The van der Waals surface area contributed by atoms with Gasteiger partial charge in [-0.1, -0.05) is 49.9 Å². The minimum absolute atomic E-state index is 0.0278. The Kier molecular flexibility index (Phi) is 7.01. The van der Waals surface area contributed by atoms with Gasteiger partial charge in [-0.25, -0.2) is 0 Å². The van der Waals surface area contributed by atoms with Gasteiger partial charge in [0.05, 0.1) is 16.7 Å². The van der Waals surface area contributed by atoms with E-state index in [1.54, 1.807) is 23.9 Å². The van der Waals surface area contributed by atoms with Crippen LogP contribution < -0.4 is 5.32 Å². The molecule has 0 fully saturated rings. The van der Waals surface area contributed by atoms with Crippen molar-refractivity contribution in [1.29, 1.82) is 5.26 Å². The Balaban J connectivity index is 2.14. The summed E-state index contributed by atoms with van der Waals surface area (Å²) in [7, 11) is 0. The average molecular weight is 349 g/mol. The van der Waals surface area contributed by atoms with Crippen LogP contribution in [0.3, 0.4) is 0 Å². The number of rotatable bonds is 7. The lowest BCUT2D eigenvalue weighted by Crippen LogP contribution is -2.30. The summed E-state index contributed by atoms with van der Waals surface area (Å²) in [5.74, 6) is 0.720. The number of carbonyl (C=O) groups is 1. The highest BCUT2D eigenvalue weighted by molar-refractivity contribution is 8.03. The average Bonchev–Trinajstić information content (AvgIpc) is 2.55. The quantitative estimate of drug-likeness (QED) is 0.706. The van der Waals surface area contributed by atoms with E-state index in [-0.39, 0.29) is 11.8 Å². The van der Waals surface area contributed by atoms with Gasteiger partial charge in [0.15, 0.2) is 0 Å². The molecule has 1 unspecified atom stereocenters. The molecule has 1 heterocycles. The highest BCUT2D eigenvalue weighted by atomic mass is 35.5. The van der Waals surface area contributed by atoms with E-state index >= 15 is 0 Å². The van der Waals surface area contributed by atoms with Crippen molar-refractivity contribution >= 4 is 29.3 Å². The first kappa shape index (κ1) is 17.9. The van der Waals surface area contributed by atoms with Gasteiger partial charge in [-0.3, -0.25) is 4.79 Å². The minimum atomic E-state index is -0.177. The summed E-state index contributed by atoms with van der Waals surface area (Å²) in [6.07, 6.45) is 5.02.